The van der Waals surface area contributed by atoms with Crippen LogP contribution >= 0.6 is 0 Å². The molecule has 0 rings (SSSR count). The van der Waals surface area contributed by atoms with Crippen LogP contribution in [0.2, 0.25) is 13.3 Å². The van der Waals surface area contributed by atoms with E-state index in [4.69, 9.17) is 0 Å². The molecular formula is C13H30Sn. The van der Waals surface area contributed by atoms with Gasteiger partial charge in [-0.25, -0.2) is 0 Å². The average Bonchev–Trinajstić information content (AvgIpc) is 2.21. The number of hydrogen-bond donors (Lipinski definition) is 0. The Hall–Kier alpha value is 0.799. The molecular weight excluding hydrogens is 275 g/mol. The van der Waals surface area contributed by atoms with Gasteiger partial charge in [-0.3, -0.25) is 0 Å². The SMILES string of the molecule is CCCCCCC[CH2][SnH]([CH2]C)[CH2]CC. The minimum absolute atomic E-state index is 0.933. The van der Waals surface area contributed by atoms with Crippen LogP contribution in [0.5, 0.6) is 0 Å². The molecule has 0 aliphatic carbocycles. The monoisotopic (exact) mass is 306 g/mol. The second kappa shape index (κ2) is 11.9. The second-order valence-corrected chi connectivity index (χ2v) is 15.2. The van der Waals surface area contributed by atoms with Crippen molar-refractivity contribution in [1.29, 1.82) is 0 Å². The molecule has 0 saturated heterocycles. The summed E-state index contributed by atoms with van der Waals surface area (Å²) in [6.45, 7) is 7.10. The van der Waals surface area contributed by atoms with Crippen LogP contribution in [0.25, 0.3) is 0 Å². The molecule has 0 nitrogen and oxygen atoms in total. The minimum atomic E-state index is -0.933. The molecule has 0 fully saturated rings. The molecule has 0 amide bonds. The summed E-state index contributed by atoms with van der Waals surface area (Å²) in [5.41, 5.74) is 0. The summed E-state index contributed by atoms with van der Waals surface area (Å²) in [4.78, 5) is 0. The topological polar surface area (TPSA) is 0 Å². The third-order valence-corrected chi connectivity index (χ3v) is 14.0. The van der Waals surface area contributed by atoms with Crippen molar-refractivity contribution >= 4 is 19.8 Å². The van der Waals surface area contributed by atoms with Crippen molar-refractivity contribution in [2.75, 3.05) is 0 Å². The van der Waals surface area contributed by atoms with Crippen molar-refractivity contribution in [2.45, 2.75) is 79.0 Å². The van der Waals surface area contributed by atoms with Crippen molar-refractivity contribution in [1.82, 2.24) is 0 Å². The van der Waals surface area contributed by atoms with Gasteiger partial charge in [0.15, 0.2) is 0 Å². The molecule has 0 aromatic carbocycles. The third-order valence-electron chi connectivity index (χ3n) is 3.24. The van der Waals surface area contributed by atoms with Crippen molar-refractivity contribution in [3.63, 3.8) is 0 Å². The van der Waals surface area contributed by atoms with Gasteiger partial charge in [-0.05, 0) is 0 Å². The zero-order chi connectivity index (χ0) is 10.6. The van der Waals surface area contributed by atoms with E-state index in [2.05, 4.69) is 20.8 Å². The summed E-state index contributed by atoms with van der Waals surface area (Å²) in [6, 6.07) is 0. The van der Waals surface area contributed by atoms with E-state index in [9.17, 15) is 0 Å². The van der Waals surface area contributed by atoms with Gasteiger partial charge < -0.3 is 0 Å². The van der Waals surface area contributed by atoms with Gasteiger partial charge in [0.1, 0.15) is 0 Å². The standard InChI is InChI=1S/C8H17.C3H7.C2H5.Sn.H/c1-3-5-7-8-6-4-2;1-3-2;1-2;;/h1,3-8H2,2H3;1,3H2,2H3;1H2,2H3;;. The molecule has 0 spiro atoms. The second-order valence-electron chi connectivity index (χ2n) is 4.62. The van der Waals surface area contributed by atoms with E-state index in [0.717, 1.165) is 0 Å². The first kappa shape index (κ1) is 14.8. The van der Waals surface area contributed by atoms with Gasteiger partial charge in [0.05, 0.1) is 0 Å². The van der Waals surface area contributed by atoms with Gasteiger partial charge in [0.25, 0.3) is 0 Å². The first-order valence-electron chi connectivity index (χ1n) is 6.85. The summed E-state index contributed by atoms with van der Waals surface area (Å²) < 4.78 is 4.95. The maximum atomic E-state index is 2.44. The molecule has 0 radical (unpaired) electrons. The molecule has 0 aromatic rings. The predicted octanol–water partition coefficient (Wildman–Crippen LogP) is 5.00. The molecule has 14 heavy (non-hydrogen) atoms. The number of hydrogen-bond acceptors (Lipinski definition) is 0. The van der Waals surface area contributed by atoms with Crippen LogP contribution in [0.1, 0.15) is 65.7 Å². The van der Waals surface area contributed by atoms with Crippen LogP contribution in [-0.4, -0.2) is 19.8 Å². The Bertz CT molecular complexity index is 101. The molecule has 1 heteroatoms. The van der Waals surface area contributed by atoms with E-state index in [0.29, 0.717) is 0 Å². The van der Waals surface area contributed by atoms with Crippen molar-refractivity contribution in [2.24, 2.45) is 0 Å². The number of rotatable bonds is 10. The summed E-state index contributed by atoms with van der Waals surface area (Å²) in [7, 11) is 0. The van der Waals surface area contributed by atoms with E-state index in [1.807, 2.05) is 0 Å². The first-order valence-corrected chi connectivity index (χ1v) is 13.8. The molecule has 0 aliphatic rings. The van der Waals surface area contributed by atoms with E-state index in [-0.39, 0.29) is 0 Å². The van der Waals surface area contributed by atoms with Crippen LogP contribution < -0.4 is 0 Å². The van der Waals surface area contributed by atoms with Gasteiger partial charge in [-0.15, -0.1) is 0 Å². The normalized spacial score (nSPS) is 13.1. The fraction of sp³-hybridized carbons (Fsp3) is 1.00. The van der Waals surface area contributed by atoms with Crippen molar-refractivity contribution in [3.05, 3.63) is 0 Å². The molecule has 0 heterocycles. The molecule has 1 atom stereocenters. The quantitative estimate of drug-likeness (QED) is 0.393. The van der Waals surface area contributed by atoms with Crippen molar-refractivity contribution in [3.8, 4) is 0 Å². The zero-order valence-corrected chi connectivity index (χ0v) is 13.9. The van der Waals surface area contributed by atoms with Crippen LogP contribution in [-0.2, 0) is 0 Å². The van der Waals surface area contributed by atoms with Crippen LogP contribution in [0.4, 0.5) is 0 Å². The van der Waals surface area contributed by atoms with Gasteiger partial charge in [0, 0.05) is 0 Å². The summed E-state index contributed by atoms with van der Waals surface area (Å²) in [5.74, 6) is 0. The zero-order valence-electron chi connectivity index (χ0n) is 10.6. The predicted molar refractivity (Wildman–Crippen MR) is 70.9 cm³/mol. The Kier molecular flexibility index (Phi) is 12.5. The molecule has 1 unspecified atom stereocenters. The van der Waals surface area contributed by atoms with E-state index in [1.54, 1.807) is 19.7 Å². The van der Waals surface area contributed by atoms with E-state index >= 15 is 0 Å². The molecule has 0 N–H and O–H groups in total. The maximum absolute atomic E-state index is 2.44. The third kappa shape index (κ3) is 9.36. The van der Waals surface area contributed by atoms with Gasteiger partial charge in [-0.1, -0.05) is 0 Å². The molecule has 0 aliphatic heterocycles. The van der Waals surface area contributed by atoms with Crippen LogP contribution in [0, 0.1) is 0 Å². The average molecular weight is 305 g/mol. The fourth-order valence-electron chi connectivity index (χ4n) is 2.17. The van der Waals surface area contributed by atoms with Gasteiger partial charge in [0.2, 0.25) is 0 Å². The molecule has 86 valence electrons. The van der Waals surface area contributed by atoms with Crippen molar-refractivity contribution < 1.29 is 0 Å². The summed E-state index contributed by atoms with van der Waals surface area (Å²) in [5, 5.41) is 0. The Morgan fingerprint density at radius 3 is 1.86 bits per heavy atom. The summed E-state index contributed by atoms with van der Waals surface area (Å²) in [6.07, 6.45) is 10.4. The Balaban J connectivity index is 3.15. The Morgan fingerprint density at radius 2 is 1.29 bits per heavy atom. The van der Waals surface area contributed by atoms with Gasteiger partial charge in [-0.2, -0.15) is 0 Å². The fourth-order valence-corrected chi connectivity index (χ4v) is 10.1. The molecule has 0 saturated carbocycles. The van der Waals surface area contributed by atoms with E-state index in [1.165, 1.54) is 38.5 Å². The van der Waals surface area contributed by atoms with Crippen LogP contribution in [0.3, 0.4) is 0 Å². The van der Waals surface area contributed by atoms with Crippen LogP contribution in [0.15, 0.2) is 0 Å². The first-order chi connectivity index (χ1) is 6.85. The molecule has 0 bridgehead atoms. The van der Waals surface area contributed by atoms with E-state index < -0.39 is 19.8 Å². The number of unbranched alkanes of at least 4 members (excludes halogenated alkanes) is 5. The Morgan fingerprint density at radius 1 is 0.643 bits per heavy atom. The summed E-state index contributed by atoms with van der Waals surface area (Å²) >= 11 is -0.933. The Labute approximate surface area is 98.6 Å². The van der Waals surface area contributed by atoms with Gasteiger partial charge >= 0.3 is 98.8 Å². The molecule has 0 aromatic heterocycles.